The van der Waals surface area contributed by atoms with Gasteiger partial charge in [0, 0.05) is 18.0 Å². The average Bonchev–Trinajstić information content (AvgIpc) is 2.69. The minimum Gasteiger partial charge on any atom is -0.504 e. The van der Waals surface area contributed by atoms with Crippen molar-refractivity contribution in [1.82, 2.24) is 4.57 Å². The van der Waals surface area contributed by atoms with E-state index in [-0.39, 0.29) is 17.1 Å². The van der Waals surface area contributed by atoms with Crippen molar-refractivity contribution in [2.75, 3.05) is 13.7 Å². The molecule has 0 amide bonds. The topological polar surface area (TPSA) is 60.7 Å². The Kier molecular flexibility index (Phi) is 8.49. The van der Waals surface area contributed by atoms with E-state index in [9.17, 15) is 9.90 Å². The van der Waals surface area contributed by atoms with E-state index in [4.69, 9.17) is 9.47 Å². The molecule has 150 valence electrons. The Balaban J connectivity index is 2.24. The summed E-state index contributed by atoms with van der Waals surface area (Å²) in [5.41, 5.74) is 0.407. The van der Waals surface area contributed by atoms with Crippen molar-refractivity contribution in [1.29, 1.82) is 0 Å². The van der Waals surface area contributed by atoms with Crippen LogP contribution in [0.5, 0.6) is 17.2 Å². The number of benzene rings is 1. The lowest BCUT2D eigenvalue weighted by Crippen LogP contribution is -2.23. The van der Waals surface area contributed by atoms with Gasteiger partial charge in [-0.1, -0.05) is 52.4 Å². The molecule has 2 aromatic rings. The van der Waals surface area contributed by atoms with Gasteiger partial charge in [-0.25, -0.2) is 0 Å². The summed E-state index contributed by atoms with van der Waals surface area (Å²) in [6.07, 6.45) is 8.74. The Hall–Kier alpha value is -2.17. The fourth-order valence-corrected chi connectivity index (χ4v) is 3.24. The fraction of sp³-hybridized carbons (Fsp3) is 0.591. The maximum Gasteiger partial charge on any atom is 0.297 e. The summed E-state index contributed by atoms with van der Waals surface area (Å²) in [6, 6.07) is 5.36. The van der Waals surface area contributed by atoms with Gasteiger partial charge >= 0.3 is 0 Å². The van der Waals surface area contributed by atoms with Crippen LogP contribution in [0.3, 0.4) is 0 Å². The number of fused-ring (bicyclic) bond motifs is 1. The van der Waals surface area contributed by atoms with Gasteiger partial charge in [-0.05, 0) is 25.0 Å². The number of hydrogen-bond acceptors (Lipinski definition) is 4. The Morgan fingerprint density at radius 2 is 1.70 bits per heavy atom. The lowest BCUT2D eigenvalue weighted by Gasteiger charge is -2.16. The first-order chi connectivity index (χ1) is 13.1. The predicted molar refractivity (Wildman–Crippen MR) is 110 cm³/mol. The third kappa shape index (κ3) is 5.41. The Morgan fingerprint density at radius 3 is 2.41 bits per heavy atom. The zero-order valence-corrected chi connectivity index (χ0v) is 16.9. The molecule has 1 N–H and O–H groups in total. The summed E-state index contributed by atoms with van der Waals surface area (Å²) in [4.78, 5) is 13.0. The second kappa shape index (κ2) is 10.9. The number of aryl methyl sites for hydroxylation is 1. The Bertz CT molecular complexity index is 782. The molecule has 0 unspecified atom stereocenters. The number of hydrogen-bond donors (Lipinski definition) is 1. The first-order valence-electron chi connectivity index (χ1n) is 10.2. The monoisotopic (exact) mass is 375 g/mol. The quantitative estimate of drug-likeness (QED) is 0.514. The maximum atomic E-state index is 13.0. The number of pyridine rings is 1. The smallest absolute Gasteiger partial charge is 0.297 e. The summed E-state index contributed by atoms with van der Waals surface area (Å²) in [7, 11) is 1.59. The van der Waals surface area contributed by atoms with E-state index in [1.54, 1.807) is 29.9 Å². The third-order valence-electron chi connectivity index (χ3n) is 4.88. The van der Waals surface area contributed by atoms with Crippen LogP contribution in [-0.2, 0) is 6.54 Å². The molecule has 27 heavy (non-hydrogen) atoms. The molecule has 2 rings (SSSR count). The van der Waals surface area contributed by atoms with Gasteiger partial charge < -0.3 is 19.1 Å². The number of nitrogens with zero attached hydrogens (tertiary/aromatic N) is 1. The molecule has 0 spiro atoms. The van der Waals surface area contributed by atoms with E-state index in [1.807, 2.05) is 0 Å². The molecule has 0 atom stereocenters. The molecule has 1 heterocycles. The van der Waals surface area contributed by atoms with Gasteiger partial charge in [-0.3, -0.25) is 4.79 Å². The SMILES string of the molecule is CCCCCCCCOc1c(O)c2ccc(OC)cc2n(CCCC)c1=O. The van der Waals surface area contributed by atoms with E-state index in [0.717, 1.165) is 25.7 Å². The first-order valence-corrected chi connectivity index (χ1v) is 10.2. The largest absolute Gasteiger partial charge is 0.504 e. The van der Waals surface area contributed by atoms with Gasteiger partial charge in [0.25, 0.3) is 5.56 Å². The zero-order valence-electron chi connectivity index (χ0n) is 16.9. The molecule has 0 aliphatic rings. The minimum absolute atomic E-state index is 0.0670. The number of unbranched alkanes of at least 4 members (excludes halogenated alkanes) is 6. The van der Waals surface area contributed by atoms with Gasteiger partial charge in [-0.15, -0.1) is 0 Å². The van der Waals surface area contributed by atoms with Crippen LogP contribution in [0.1, 0.15) is 65.2 Å². The van der Waals surface area contributed by atoms with E-state index < -0.39 is 0 Å². The van der Waals surface area contributed by atoms with Gasteiger partial charge in [0.05, 0.1) is 19.2 Å². The van der Waals surface area contributed by atoms with Crippen LogP contribution in [0.25, 0.3) is 10.9 Å². The van der Waals surface area contributed by atoms with Crippen molar-refractivity contribution in [3.63, 3.8) is 0 Å². The molecule has 5 nitrogen and oxygen atoms in total. The number of aromatic nitrogens is 1. The van der Waals surface area contributed by atoms with Crippen molar-refractivity contribution < 1.29 is 14.6 Å². The molecule has 0 bridgehead atoms. The molecule has 5 heteroatoms. The first kappa shape index (κ1) is 21.1. The number of rotatable bonds is 12. The molecule has 1 aromatic heterocycles. The summed E-state index contributed by atoms with van der Waals surface area (Å²) in [5, 5.41) is 11.3. The van der Waals surface area contributed by atoms with E-state index >= 15 is 0 Å². The molecule has 0 radical (unpaired) electrons. The van der Waals surface area contributed by atoms with Gasteiger partial charge in [-0.2, -0.15) is 0 Å². The number of ether oxygens (including phenoxy) is 2. The third-order valence-corrected chi connectivity index (χ3v) is 4.88. The second-order valence-electron chi connectivity index (χ2n) is 6.99. The zero-order chi connectivity index (χ0) is 19.6. The van der Waals surface area contributed by atoms with Crippen LogP contribution >= 0.6 is 0 Å². The number of methoxy groups -OCH3 is 1. The van der Waals surface area contributed by atoms with Crippen LogP contribution in [-0.4, -0.2) is 23.4 Å². The minimum atomic E-state index is -0.271. The van der Waals surface area contributed by atoms with Gasteiger partial charge in [0.2, 0.25) is 5.75 Å². The maximum absolute atomic E-state index is 13.0. The molecular formula is C22H33NO4. The molecule has 1 aromatic carbocycles. The Morgan fingerprint density at radius 1 is 1.00 bits per heavy atom. The average molecular weight is 376 g/mol. The summed E-state index contributed by atoms with van der Waals surface area (Å²) < 4.78 is 12.7. The number of aromatic hydroxyl groups is 1. The van der Waals surface area contributed by atoms with Crippen LogP contribution in [0.4, 0.5) is 0 Å². The fourth-order valence-electron chi connectivity index (χ4n) is 3.24. The molecular weight excluding hydrogens is 342 g/mol. The summed E-state index contributed by atoms with van der Waals surface area (Å²) in [5.74, 6) is 0.654. The highest BCUT2D eigenvalue weighted by atomic mass is 16.5. The molecule has 0 saturated heterocycles. The van der Waals surface area contributed by atoms with Crippen LogP contribution in [0.2, 0.25) is 0 Å². The molecule has 0 fully saturated rings. The predicted octanol–water partition coefficient (Wildman–Crippen LogP) is 5.26. The normalized spacial score (nSPS) is 11.1. The highest BCUT2D eigenvalue weighted by molar-refractivity contribution is 5.88. The van der Waals surface area contributed by atoms with Crippen molar-refractivity contribution in [2.45, 2.75) is 71.8 Å². The van der Waals surface area contributed by atoms with Crippen molar-refractivity contribution >= 4 is 10.9 Å². The lowest BCUT2D eigenvalue weighted by atomic mass is 10.1. The highest BCUT2D eigenvalue weighted by Gasteiger charge is 2.18. The molecule has 0 aliphatic heterocycles. The Labute approximate surface area is 161 Å². The van der Waals surface area contributed by atoms with E-state index in [2.05, 4.69) is 13.8 Å². The van der Waals surface area contributed by atoms with Crippen molar-refractivity contribution in [3.8, 4) is 17.2 Å². The van der Waals surface area contributed by atoms with Gasteiger partial charge in [0.15, 0.2) is 5.75 Å². The van der Waals surface area contributed by atoms with Crippen molar-refractivity contribution in [2.24, 2.45) is 0 Å². The van der Waals surface area contributed by atoms with Crippen LogP contribution in [0.15, 0.2) is 23.0 Å². The molecule has 0 saturated carbocycles. The van der Waals surface area contributed by atoms with Crippen LogP contribution in [0, 0.1) is 0 Å². The second-order valence-corrected chi connectivity index (χ2v) is 6.99. The summed E-state index contributed by atoms with van der Waals surface area (Å²) in [6.45, 7) is 5.33. The lowest BCUT2D eigenvalue weighted by molar-refractivity contribution is 0.283. The van der Waals surface area contributed by atoms with Crippen molar-refractivity contribution in [3.05, 3.63) is 28.6 Å². The van der Waals surface area contributed by atoms with Crippen LogP contribution < -0.4 is 15.0 Å². The van der Waals surface area contributed by atoms with Gasteiger partial charge in [0.1, 0.15) is 5.75 Å². The van der Waals surface area contributed by atoms with E-state index in [1.165, 1.54) is 25.7 Å². The standard InChI is InChI=1S/C22H33NO4/c1-4-6-8-9-10-11-15-27-21-20(24)18-13-12-17(26-3)16-19(18)23(22(21)25)14-7-5-2/h12-13,16,24H,4-11,14-15H2,1-3H3. The molecule has 0 aliphatic carbocycles. The van der Waals surface area contributed by atoms with E-state index in [0.29, 0.717) is 29.8 Å². The summed E-state index contributed by atoms with van der Waals surface area (Å²) >= 11 is 0. The highest BCUT2D eigenvalue weighted by Crippen LogP contribution is 2.33.